The number of para-hydroxylation sites is 1. The van der Waals surface area contributed by atoms with E-state index in [0.29, 0.717) is 21.5 Å². The molecular weight excluding hydrogens is 420 g/mol. The Kier molecular flexibility index (Phi) is 4.86. The van der Waals surface area contributed by atoms with E-state index >= 15 is 0 Å². The molecule has 1 N–H and O–H groups in total. The lowest BCUT2D eigenvalue weighted by Crippen LogP contribution is -2.14. The molecule has 1 amide bonds. The number of nitrogens with one attached hydrogen (secondary N) is 1. The van der Waals surface area contributed by atoms with Gasteiger partial charge in [0, 0.05) is 18.0 Å². The number of aromatic nitrogens is 5. The van der Waals surface area contributed by atoms with E-state index in [2.05, 4.69) is 20.6 Å². The second-order valence-corrected chi connectivity index (χ2v) is 7.87. The van der Waals surface area contributed by atoms with Crippen LogP contribution in [0.4, 0.5) is 5.69 Å². The van der Waals surface area contributed by atoms with E-state index in [1.807, 2.05) is 65.3 Å². The second-order valence-electron chi connectivity index (χ2n) is 6.52. The number of anilines is 1. The Bertz CT molecular complexity index is 1360. The second kappa shape index (κ2) is 7.81. The number of fused-ring (bicyclic) bond motifs is 3. The number of hydrogen-bond donors (Lipinski definition) is 1. The van der Waals surface area contributed by atoms with Crippen LogP contribution in [0, 0.1) is 0 Å². The van der Waals surface area contributed by atoms with Crippen molar-refractivity contribution in [1.82, 2.24) is 24.2 Å². The zero-order chi connectivity index (χ0) is 20.5. The Labute approximate surface area is 180 Å². The average molecular weight is 435 g/mol. The molecule has 9 heteroatoms. The van der Waals surface area contributed by atoms with Crippen LogP contribution in [-0.4, -0.2) is 35.9 Å². The fourth-order valence-electron chi connectivity index (χ4n) is 3.12. The van der Waals surface area contributed by atoms with Crippen LogP contribution in [0.3, 0.4) is 0 Å². The quantitative estimate of drug-likeness (QED) is 0.414. The zero-order valence-electron chi connectivity index (χ0n) is 15.6. The van der Waals surface area contributed by atoms with Crippen molar-refractivity contribution >= 4 is 46.1 Å². The molecule has 0 spiro atoms. The van der Waals surface area contributed by atoms with Crippen molar-refractivity contribution in [2.75, 3.05) is 11.1 Å². The third-order valence-electron chi connectivity index (χ3n) is 4.54. The molecule has 0 radical (unpaired) electrons. The van der Waals surface area contributed by atoms with Gasteiger partial charge in [-0.05, 0) is 18.2 Å². The summed E-state index contributed by atoms with van der Waals surface area (Å²) in [5.74, 6) is 0.0211. The molecule has 2 aromatic carbocycles. The number of amides is 1. The van der Waals surface area contributed by atoms with Crippen LogP contribution >= 0.6 is 23.4 Å². The summed E-state index contributed by atoms with van der Waals surface area (Å²) in [6.45, 7) is 0. The molecule has 0 saturated heterocycles. The van der Waals surface area contributed by atoms with Crippen LogP contribution in [0.15, 0.2) is 78.2 Å². The molecule has 3 aromatic heterocycles. The van der Waals surface area contributed by atoms with E-state index < -0.39 is 0 Å². The molecule has 7 nitrogen and oxygen atoms in total. The highest BCUT2D eigenvalue weighted by Crippen LogP contribution is 2.25. The van der Waals surface area contributed by atoms with E-state index in [-0.39, 0.29) is 11.7 Å². The normalized spacial score (nSPS) is 11.2. The lowest BCUT2D eigenvalue weighted by molar-refractivity contribution is -0.113. The van der Waals surface area contributed by atoms with Crippen molar-refractivity contribution < 1.29 is 4.79 Å². The van der Waals surface area contributed by atoms with Crippen LogP contribution in [0.5, 0.6) is 0 Å². The molecule has 5 rings (SSSR count). The number of carbonyl (C=O) groups is 1. The minimum atomic E-state index is -0.165. The zero-order valence-corrected chi connectivity index (χ0v) is 17.1. The fourth-order valence-corrected chi connectivity index (χ4v) is 4.02. The summed E-state index contributed by atoms with van der Waals surface area (Å²) in [5, 5.41) is 17.1. The molecule has 0 bridgehead atoms. The third kappa shape index (κ3) is 3.51. The molecule has 0 aliphatic rings. The first kappa shape index (κ1) is 18.7. The molecule has 5 aromatic rings. The highest BCUT2D eigenvalue weighted by atomic mass is 35.5. The van der Waals surface area contributed by atoms with E-state index in [1.54, 1.807) is 16.6 Å². The van der Waals surface area contributed by atoms with Gasteiger partial charge in [0.05, 0.1) is 22.2 Å². The van der Waals surface area contributed by atoms with Crippen molar-refractivity contribution in [2.24, 2.45) is 0 Å². The predicted molar refractivity (Wildman–Crippen MR) is 118 cm³/mol. The first-order valence-corrected chi connectivity index (χ1v) is 10.5. The van der Waals surface area contributed by atoms with Gasteiger partial charge in [0.2, 0.25) is 5.91 Å². The van der Waals surface area contributed by atoms with E-state index in [4.69, 9.17) is 11.6 Å². The average Bonchev–Trinajstić information content (AvgIpc) is 3.38. The summed E-state index contributed by atoms with van der Waals surface area (Å²) in [6, 6.07) is 19.1. The van der Waals surface area contributed by atoms with Gasteiger partial charge in [-0.1, -0.05) is 65.8 Å². The van der Waals surface area contributed by atoms with Crippen molar-refractivity contribution in [3.05, 3.63) is 78.1 Å². The van der Waals surface area contributed by atoms with Crippen LogP contribution in [0.25, 0.3) is 22.4 Å². The molecule has 3 heterocycles. The lowest BCUT2D eigenvalue weighted by Gasteiger charge is -2.06. The molecular formula is C21H15ClN6OS. The van der Waals surface area contributed by atoms with Crippen LogP contribution in [0.1, 0.15) is 0 Å². The maximum Gasteiger partial charge on any atom is 0.234 e. The molecule has 0 aliphatic carbocycles. The van der Waals surface area contributed by atoms with Crippen molar-refractivity contribution in [2.45, 2.75) is 5.16 Å². The first-order chi connectivity index (χ1) is 14.7. The minimum Gasteiger partial charge on any atom is -0.324 e. The predicted octanol–water partition coefficient (Wildman–Crippen LogP) is 4.43. The monoisotopic (exact) mass is 434 g/mol. The Balaban J connectivity index is 1.38. The molecule has 148 valence electrons. The smallest absolute Gasteiger partial charge is 0.234 e. The van der Waals surface area contributed by atoms with Gasteiger partial charge in [-0.25, -0.2) is 4.52 Å². The molecule has 0 aliphatic heterocycles. The van der Waals surface area contributed by atoms with E-state index in [0.717, 1.165) is 16.8 Å². The summed E-state index contributed by atoms with van der Waals surface area (Å²) in [7, 11) is 0. The van der Waals surface area contributed by atoms with Crippen LogP contribution in [-0.2, 0) is 4.79 Å². The summed E-state index contributed by atoms with van der Waals surface area (Å²) in [5.41, 5.74) is 4.01. The lowest BCUT2D eigenvalue weighted by atomic mass is 10.1. The summed E-state index contributed by atoms with van der Waals surface area (Å²) >= 11 is 7.40. The van der Waals surface area contributed by atoms with Crippen LogP contribution < -0.4 is 5.32 Å². The van der Waals surface area contributed by atoms with E-state index in [1.165, 1.54) is 11.8 Å². The van der Waals surface area contributed by atoms with Gasteiger partial charge >= 0.3 is 0 Å². The number of halogens is 1. The maximum atomic E-state index is 12.3. The number of rotatable bonds is 5. The number of benzene rings is 2. The molecule has 0 atom stereocenters. The van der Waals surface area contributed by atoms with Gasteiger partial charge in [0.15, 0.2) is 10.8 Å². The summed E-state index contributed by atoms with van der Waals surface area (Å²) in [6.07, 6.45) is 3.70. The van der Waals surface area contributed by atoms with Crippen molar-refractivity contribution in [3.63, 3.8) is 0 Å². The van der Waals surface area contributed by atoms with Crippen molar-refractivity contribution in [1.29, 1.82) is 0 Å². The van der Waals surface area contributed by atoms with Crippen molar-refractivity contribution in [3.8, 4) is 11.3 Å². The third-order valence-corrected chi connectivity index (χ3v) is 5.81. The number of thioether (sulfide) groups is 1. The molecule has 0 fully saturated rings. The number of carbonyl (C=O) groups excluding carboxylic acids is 1. The number of nitrogens with zero attached hydrogens (tertiary/aromatic N) is 5. The molecule has 0 saturated carbocycles. The minimum absolute atomic E-state index is 0.165. The Morgan fingerprint density at radius 2 is 1.83 bits per heavy atom. The fraction of sp³-hybridized carbons (Fsp3) is 0.0476. The first-order valence-electron chi connectivity index (χ1n) is 9.15. The van der Waals surface area contributed by atoms with Gasteiger partial charge in [0.1, 0.15) is 5.52 Å². The van der Waals surface area contributed by atoms with Gasteiger partial charge < -0.3 is 5.32 Å². The van der Waals surface area contributed by atoms with Gasteiger partial charge in [-0.3, -0.25) is 9.20 Å². The Morgan fingerprint density at radius 3 is 2.67 bits per heavy atom. The highest BCUT2D eigenvalue weighted by molar-refractivity contribution is 7.99. The standard InChI is InChI=1S/C21H15ClN6OS/c22-15-8-4-5-9-16(15)23-19(29)13-30-21-25-24-20-18-12-17(14-6-2-1-3-7-14)26-28(18)11-10-27(20)21/h1-12H,13H2,(H,23,29). The summed E-state index contributed by atoms with van der Waals surface area (Å²) < 4.78 is 3.64. The largest absolute Gasteiger partial charge is 0.324 e. The Hall–Kier alpha value is -3.36. The van der Waals surface area contributed by atoms with Gasteiger partial charge in [-0.2, -0.15) is 5.10 Å². The molecule has 30 heavy (non-hydrogen) atoms. The topological polar surface area (TPSA) is 76.6 Å². The van der Waals surface area contributed by atoms with Crippen LogP contribution in [0.2, 0.25) is 5.02 Å². The van der Waals surface area contributed by atoms with Gasteiger partial charge in [0.25, 0.3) is 0 Å². The summed E-state index contributed by atoms with van der Waals surface area (Å²) in [4.78, 5) is 12.3. The molecule has 0 unspecified atom stereocenters. The Morgan fingerprint density at radius 1 is 1.03 bits per heavy atom. The highest BCUT2D eigenvalue weighted by Gasteiger charge is 2.14. The number of hydrogen-bond acceptors (Lipinski definition) is 5. The SMILES string of the molecule is O=C(CSc1nnc2c3cc(-c4ccccc4)nn3ccn12)Nc1ccccc1Cl. The maximum absolute atomic E-state index is 12.3. The van der Waals surface area contributed by atoms with E-state index in [9.17, 15) is 4.79 Å². The van der Waals surface area contributed by atoms with Gasteiger partial charge in [-0.15, -0.1) is 10.2 Å².